The molecule has 170 valence electrons. The normalized spacial score (nSPS) is 14.5. The standard InChI is InChI=1S/C24H29N5OS.HI/c1-25-24(28-21-11-14-29(15-12-21)22-10-6-16-31-22)27-17-20-9-5-13-26-23(20)30-18-19-7-3-2-4-8-19;/h2-10,13,16,21H,11-12,14-15,17-18H2,1H3,(H2,25,27,28);1H. The van der Waals surface area contributed by atoms with Gasteiger partial charge < -0.3 is 20.3 Å². The summed E-state index contributed by atoms with van der Waals surface area (Å²) >= 11 is 1.81. The van der Waals surface area contributed by atoms with Gasteiger partial charge in [0.2, 0.25) is 5.88 Å². The first-order chi connectivity index (χ1) is 15.3. The molecule has 4 rings (SSSR count). The second-order valence-corrected chi connectivity index (χ2v) is 8.45. The van der Waals surface area contributed by atoms with E-state index >= 15 is 0 Å². The maximum Gasteiger partial charge on any atom is 0.218 e. The molecule has 0 bridgehead atoms. The van der Waals surface area contributed by atoms with Gasteiger partial charge in [-0.3, -0.25) is 4.99 Å². The number of halogens is 1. The van der Waals surface area contributed by atoms with Crippen molar-refractivity contribution in [3.8, 4) is 5.88 Å². The third-order valence-corrected chi connectivity index (χ3v) is 6.32. The lowest BCUT2D eigenvalue weighted by molar-refractivity contribution is 0.290. The summed E-state index contributed by atoms with van der Waals surface area (Å²) in [5, 5.41) is 10.5. The van der Waals surface area contributed by atoms with Crippen molar-refractivity contribution in [1.29, 1.82) is 0 Å². The third kappa shape index (κ3) is 6.83. The van der Waals surface area contributed by atoms with Gasteiger partial charge in [0.25, 0.3) is 0 Å². The Morgan fingerprint density at radius 3 is 2.66 bits per heavy atom. The molecular formula is C24H30IN5OS. The minimum atomic E-state index is 0. The van der Waals surface area contributed by atoms with E-state index in [4.69, 9.17) is 4.74 Å². The molecule has 0 spiro atoms. The maximum absolute atomic E-state index is 5.97. The van der Waals surface area contributed by atoms with Crippen molar-refractivity contribution >= 4 is 46.3 Å². The first-order valence-corrected chi connectivity index (χ1v) is 11.6. The second kappa shape index (κ2) is 12.6. The summed E-state index contributed by atoms with van der Waals surface area (Å²) in [6.45, 7) is 3.23. The second-order valence-electron chi connectivity index (χ2n) is 7.52. The topological polar surface area (TPSA) is 61.8 Å². The van der Waals surface area contributed by atoms with Crippen molar-refractivity contribution in [3.63, 3.8) is 0 Å². The zero-order valence-corrected chi connectivity index (χ0v) is 21.4. The molecule has 2 N–H and O–H groups in total. The van der Waals surface area contributed by atoms with Crippen LogP contribution in [0.25, 0.3) is 0 Å². The number of ether oxygens (including phenoxy) is 1. The number of nitrogens with one attached hydrogen (secondary N) is 2. The highest BCUT2D eigenvalue weighted by molar-refractivity contribution is 14.0. The summed E-state index contributed by atoms with van der Waals surface area (Å²) in [6.07, 6.45) is 3.95. The van der Waals surface area contributed by atoms with Crippen LogP contribution in [-0.2, 0) is 13.2 Å². The van der Waals surface area contributed by atoms with Gasteiger partial charge in [-0.15, -0.1) is 35.3 Å². The number of anilines is 1. The highest BCUT2D eigenvalue weighted by atomic mass is 127. The Kier molecular flexibility index (Phi) is 9.61. The maximum atomic E-state index is 5.97. The van der Waals surface area contributed by atoms with Crippen LogP contribution in [0.4, 0.5) is 5.00 Å². The van der Waals surface area contributed by atoms with E-state index in [1.165, 1.54) is 5.00 Å². The Bertz CT molecular complexity index is 960. The Morgan fingerprint density at radius 1 is 1.12 bits per heavy atom. The van der Waals surface area contributed by atoms with Crippen LogP contribution in [0.15, 0.2) is 71.2 Å². The highest BCUT2D eigenvalue weighted by Gasteiger charge is 2.20. The van der Waals surface area contributed by atoms with E-state index in [1.54, 1.807) is 6.20 Å². The van der Waals surface area contributed by atoms with Crippen LogP contribution in [-0.4, -0.2) is 37.1 Å². The fourth-order valence-corrected chi connectivity index (χ4v) is 4.46. The number of hydrogen-bond acceptors (Lipinski definition) is 5. The highest BCUT2D eigenvalue weighted by Crippen LogP contribution is 2.24. The van der Waals surface area contributed by atoms with Crippen LogP contribution in [0.3, 0.4) is 0 Å². The molecule has 0 atom stereocenters. The van der Waals surface area contributed by atoms with Crippen LogP contribution >= 0.6 is 35.3 Å². The number of rotatable bonds is 7. The molecule has 6 nitrogen and oxygen atoms in total. The lowest BCUT2D eigenvalue weighted by Crippen LogP contribution is -2.48. The number of guanidine groups is 1. The number of aromatic nitrogens is 1. The zero-order chi connectivity index (χ0) is 21.3. The van der Waals surface area contributed by atoms with Crippen LogP contribution in [0.1, 0.15) is 24.0 Å². The molecule has 32 heavy (non-hydrogen) atoms. The van der Waals surface area contributed by atoms with Crippen LogP contribution in [0.5, 0.6) is 5.88 Å². The van der Waals surface area contributed by atoms with Gasteiger partial charge in [0.1, 0.15) is 6.61 Å². The molecule has 3 heterocycles. The Balaban J connectivity index is 0.00000289. The molecule has 0 radical (unpaired) electrons. The molecule has 1 fully saturated rings. The van der Waals surface area contributed by atoms with Crippen molar-refractivity contribution < 1.29 is 4.74 Å². The van der Waals surface area contributed by atoms with E-state index in [0.717, 1.165) is 43.0 Å². The molecule has 0 unspecified atom stereocenters. The Labute approximate surface area is 211 Å². The largest absolute Gasteiger partial charge is 0.473 e. The van der Waals surface area contributed by atoms with Crippen molar-refractivity contribution in [2.75, 3.05) is 25.0 Å². The summed E-state index contributed by atoms with van der Waals surface area (Å²) < 4.78 is 5.97. The monoisotopic (exact) mass is 563 g/mol. The van der Waals surface area contributed by atoms with E-state index < -0.39 is 0 Å². The van der Waals surface area contributed by atoms with Crippen molar-refractivity contribution in [1.82, 2.24) is 15.6 Å². The minimum absolute atomic E-state index is 0. The lowest BCUT2D eigenvalue weighted by Gasteiger charge is -2.33. The van der Waals surface area contributed by atoms with Crippen LogP contribution in [0.2, 0.25) is 0 Å². The fourth-order valence-electron chi connectivity index (χ4n) is 3.68. The number of nitrogens with zero attached hydrogens (tertiary/aromatic N) is 3. The fraction of sp³-hybridized carbons (Fsp3) is 0.333. The molecule has 3 aromatic rings. The van der Waals surface area contributed by atoms with Gasteiger partial charge in [0, 0.05) is 44.5 Å². The molecule has 0 saturated carbocycles. The minimum Gasteiger partial charge on any atom is -0.473 e. The smallest absolute Gasteiger partial charge is 0.218 e. The quantitative estimate of drug-likeness (QED) is 0.249. The van der Waals surface area contributed by atoms with Crippen molar-refractivity contribution in [3.05, 3.63) is 77.3 Å². The average molecular weight is 564 g/mol. The molecular weight excluding hydrogens is 533 g/mol. The molecule has 1 aliphatic heterocycles. The van der Waals surface area contributed by atoms with Gasteiger partial charge in [-0.25, -0.2) is 4.98 Å². The SMILES string of the molecule is CN=C(NCc1cccnc1OCc1ccccc1)NC1CCN(c2cccs2)CC1.I. The molecule has 1 aromatic carbocycles. The van der Waals surface area contributed by atoms with Gasteiger partial charge in [-0.05, 0) is 42.0 Å². The van der Waals surface area contributed by atoms with E-state index in [0.29, 0.717) is 25.1 Å². The van der Waals surface area contributed by atoms with E-state index in [2.05, 4.69) is 55.2 Å². The Hall–Kier alpha value is -2.33. The number of aliphatic imine (C=N–C) groups is 1. The predicted molar refractivity (Wildman–Crippen MR) is 143 cm³/mol. The summed E-state index contributed by atoms with van der Waals surface area (Å²) in [4.78, 5) is 11.3. The molecule has 0 amide bonds. The Morgan fingerprint density at radius 2 is 1.94 bits per heavy atom. The van der Waals surface area contributed by atoms with Gasteiger partial charge in [-0.2, -0.15) is 0 Å². The summed E-state index contributed by atoms with van der Waals surface area (Å²) in [7, 11) is 1.81. The molecule has 0 aliphatic carbocycles. The van der Waals surface area contributed by atoms with Crippen LogP contribution < -0.4 is 20.3 Å². The van der Waals surface area contributed by atoms with E-state index in [-0.39, 0.29) is 24.0 Å². The molecule has 8 heteroatoms. The van der Waals surface area contributed by atoms with Crippen LogP contribution in [0, 0.1) is 0 Å². The number of thiophene rings is 1. The number of pyridine rings is 1. The zero-order valence-electron chi connectivity index (χ0n) is 18.2. The van der Waals surface area contributed by atoms with Crippen molar-refractivity contribution in [2.24, 2.45) is 4.99 Å². The first kappa shape index (κ1) is 24.3. The number of benzene rings is 1. The number of hydrogen-bond donors (Lipinski definition) is 2. The molecule has 2 aromatic heterocycles. The van der Waals surface area contributed by atoms with Gasteiger partial charge in [-0.1, -0.05) is 36.4 Å². The molecule has 1 saturated heterocycles. The predicted octanol–water partition coefficient (Wildman–Crippen LogP) is 4.67. The summed E-state index contributed by atoms with van der Waals surface area (Å²) in [6, 6.07) is 18.8. The van der Waals surface area contributed by atoms with Gasteiger partial charge in [0.05, 0.1) is 5.00 Å². The lowest BCUT2D eigenvalue weighted by atomic mass is 10.1. The van der Waals surface area contributed by atoms with E-state index in [1.807, 2.05) is 48.7 Å². The number of piperidine rings is 1. The van der Waals surface area contributed by atoms with Crippen molar-refractivity contribution in [2.45, 2.75) is 32.0 Å². The average Bonchev–Trinajstić information content (AvgIpc) is 3.37. The van der Waals surface area contributed by atoms with Gasteiger partial charge in [0.15, 0.2) is 5.96 Å². The summed E-state index contributed by atoms with van der Waals surface area (Å²) in [5.41, 5.74) is 2.13. The first-order valence-electron chi connectivity index (χ1n) is 10.7. The third-order valence-electron chi connectivity index (χ3n) is 5.39. The summed E-state index contributed by atoms with van der Waals surface area (Å²) in [5.74, 6) is 1.46. The molecule has 1 aliphatic rings. The van der Waals surface area contributed by atoms with Gasteiger partial charge >= 0.3 is 0 Å². The van der Waals surface area contributed by atoms with E-state index in [9.17, 15) is 0 Å².